The lowest BCUT2D eigenvalue weighted by Gasteiger charge is -2.45. The SMILES string of the molecule is C[C@@H]1CN(CCSC(c2ccc(F)cc2)c2ccc(F)cc2)C[C@H](C)N1CC(O)Cc1ccccc1. The molecule has 3 atom stereocenters. The number of halogens is 2. The average Bonchev–Trinajstić information content (AvgIpc) is 2.86. The first-order valence-electron chi connectivity index (χ1n) is 12.7. The van der Waals surface area contributed by atoms with E-state index >= 15 is 0 Å². The lowest BCUT2D eigenvalue weighted by Crippen LogP contribution is -2.58. The van der Waals surface area contributed by atoms with Crippen molar-refractivity contribution < 1.29 is 13.9 Å². The highest BCUT2D eigenvalue weighted by atomic mass is 32.2. The van der Waals surface area contributed by atoms with Crippen molar-refractivity contribution in [3.05, 3.63) is 107 Å². The number of aliphatic hydroxyl groups is 1. The summed E-state index contributed by atoms with van der Waals surface area (Å²) in [6, 6.07) is 24.1. The fraction of sp³-hybridized carbons (Fsp3) is 0.400. The van der Waals surface area contributed by atoms with E-state index in [1.165, 1.54) is 24.3 Å². The van der Waals surface area contributed by atoms with E-state index in [0.717, 1.165) is 42.1 Å². The molecule has 1 heterocycles. The molecule has 0 saturated carbocycles. The van der Waals surface area contributed by atoms with Crippen LogP contribution in [0.2, 0.25) is 0 Å². The average molecular weight is 511 g/mol. The Kier molecular flexibility index (Phi) is 9.54. The Hall–Kier alpha value is -2.25. The summed E-state index contributed by atoms with van der Waals surface area (Å²) in [5.74, 6) is 0.405. The zero-order valence-corrected chi connectivity index (χ0v) is 21.9. The molecule has 1 unspecified atom stereocenters. The van der Waals surface area contributed by atoms with Gasteiger partial charge in [-0.05, 0) is 61.2 Å². The smallest absolute Gasteiger partial charge is 0.123 e. The molecule has 1 fully saturated rings. The van der Waals surface area contributed by atoms with Gasteiger partial charge in [0.05, 0.1) is 11.4 Å². The molecule has 1 N–H and O–H groups in total. The lowest BCUT2D eigenvalue weighted by atomic mass is 10.0. The first-order chi connectivity index (χ1) is 17.4. The number of rotatable bonds is 10. The number of β-amino-alcohol motifs (C(OH)–C–C–N with tert-alkyl or cyclic N) is 1. The van der Waals surface area contributed by atoms with Crippen molar-refractivity contribution in [3.63, 3.8) is 0 Å². The van der Waals surface area contributed by atoms with Crippen molar-refractivity contribution in [1.82, 2.24) is 9.80 Å². The van der Waals surface area contributed by atoms with Crippen LogP contribution in [0.1, 0.15) is 35.8 Å². The standard InChI is InChI=1S/C30H36F2N2OS/c1-22-19-33(20-23(2)34(22)21-29(35)18-24-6-4-3-5-7-24)16-17-36-30(25-8-12-27(31)13-9-25)26-10-14-28(32)15-11-26/h3-15,22-23,29-30,35H,16-21H2,1-2H3/t22-,23+,29?. The number of thioether (sulfide) groups is 1. The number of piperazine rings is 1. The molecule has 0 amide bonds. The molecule has 192 valence electrons. The summed E-state index contributed by atoms with van der Waals surface area (Å²) in [4.78, 5) is 4.92. The highest BCUT2D eigenvalue weighted by Gasteiger charge is 2.30. The predicted octanol–water partition coefficient (Wildman–Crippen LogP) is 5.79. The number of benzene rings is 3. The van der Waals surface area contributed by atoms with Gasteiger partial charge in [-0.1, -0.05) is 54.6 Å². The molecular formula is C30H36F2N2OS. The van der Waals surface area contributed by atoms with Gasteiger partial charge in [-0.25, -0.2) is 8.78 Å². The third-order valence-electron chi connectivity index (χ3n) is 6.95. The van der Waals surface area contributed by atoms with Gasteiger partial charge in [0.15, 0.2) is 0 Å². The van der Waals surface area contributed by atoms with Crippen molar-refractivity contribution >= 4 is 11.8 Å². The van der Waals surface area contributed by atoms with Crippen molar-refractivity contribution in [1.29, 1.82) is 0 Å². The van der Waals surface area contributed by atoms with Gasteiger partial charge >= 0.3 is 0 Å². The van der Waals surface area contributed by atoms with Gasteiger partial charge < -0.3 is 5.11 Å². The minimum atomic E-state index is -0.383. The van der Waals surface area contributed by atoms with E-state index in [9.17, 15) is 13.9 Å². The first kappa shape index (κ1) is 26.8. The van der Waals surface area contributed by atoms with Crippen LogP contribution in [-0.4, -0.2) is 65.0 Å². The van der Waals surface area contributed by atoms with Gasteiger partial charge in [-0.15, -0.1) is 11.8 Å². The Morgan fingerprint density at radius 1 is 0.833 bits per heavy atom. The van der Waals surface area contributed by atoms with E-state index in [1.807, 2.05) is 54.2 Å². The predicted molar refractivity (Wildman–Crippen MR) is 145 cm³/mol. The quantitative estimate of drug-likeness (QED) is 0.374. The van der Waals surface area contributed by atoms with Gasteiger partial charge in [-0.2, -0.15) is 0 Å². The Balaban J connectivity index is 1.31. The summed E-state index contributed by atoms with van der Waals surface area (Å²) in [7, 11) is 0. The van der Waals surface area contributed by atoms with Crippen LogP contribution in [0.25, 0.3) is 0 Å². The van der Waals surface area contributed by atoms with Crippen molar-refractivity contribution in [3.8, 4) is 0 Å². The van der Waals surface area contributed by atoms with Crippen LogP contribution in [-0.2, 0) is 6.42 Å². The van der Waals surface area contributed by atoms with Crippen LogP contribution in [0.3, 0.4) is 0 Å². The molecule has 1 aliphatic rings. The van der Waals surface area contributed by atoms with Gasteiger partial charge in [0.1, 0.15) is 11.6 Å². The molecule has 0 bridgehead atoms. The molecule has 3 nitrogen and oxygen atoms in total. The number of hydrogen-bond donors (Lipinski definition) is 1. The van der Waals surface area contributed by atoms with Gasteiger partial charge in [0.2, 0.25) is 0 Å². The highest BCUT2D eigenvalue weighted by molar-refractivity contribution is 7.99. The monoisotopic (exact) mass is 510 g/mol. The zero-order valence-electron chi connectivity index (χ0n) is 21.1. The largest absolute Gasteiger partial charge is 0.391 e. The molecular weight excluding hydrogens is 474 g/mol. The molecule has 1 aliphatic heterocycles. The number of hydrogen-bond acceptors (Lipinski definition) is 4. The molecule has 3 aromatic rings. The van der Waals surface area contributed by atoms with Gasteiger partial charge in [-0.3, -0.25) is 9.80 Å². The van der Waals surface area contributed by atoms with Crippen LogP contribution in [0, 0.1) is 11.6 Å². The summed E-state index contributed by atoms with van der Waals surface area (Å²) in [5.41, 5.74) is 3.21. The van der Waals surface area contributed by atoms with Crippen LogP contribution < -0.4 is 0 Å². The Morgan fingerprint density at radius 3 is 1.89 bits per heavy atom. The maximum Gasteiger partial charge on any atom is 0.123 e. The van der Waals surface area contributed by atoms with E-state index in [-0.39, 0.29) is 23.0 Å². The molecule has 1 saturated heterocycles. The van der Waals surface area contributed by atoms with Crippen LogP contribution >= 0.6 is 11.8 Å². The normalized spacial score (nSPS) is 20.1. The third kappa shape index (κ3) is 7.39. The second-order valence-corrected chi connectivity index (χ2v) is 11.1. The summed E-state index contributed by atoms with van der Waals surface area (Å²) in [5, 5.41) is 10.7. The third-order valence-corrected chi connectivity index (χ3v) is 8.25. The van der Waals surface area contributed by atoms with E-state index < -0.39 is 0 Å². The van der Waals surface area contributed by atoms with Crippen molar-refractivity contribution in [2.24, 2.45) is 0 Å². The maximum atomic E-state index is 13.5. The van der Waals surface area contributed by atoms with Crippen molar-refractivity contribution in [2.75, 3.05) is 31.9 Å². The second kappa shape index (κ2) is 12.8. The summed E-state index contributed by atoms with van der Waals surface area (Å²) >= 11 is 1.81. The molecule has 0 spiro atoms. The van der Waals surface area contributed by atoms with Gasteiger partial charge in [0.25, 0.3) is 0 Å². The van der Waals surface area contributed by atoms with E-state index in [0.29, 0.717) is 25.0 Å². The van der Waals surface area contributed by atoms with Gasteiger partial charge in [0, 0.05) is 44.0 Å². The molecule has 0 aliphatic carbocycles. The molecule has 0 aromatic heterocycles. The Bertz CT molecular complexity index is 1010. The minimum absolute atomic E-state index is 0.0236. The van der Waals surface area contributed by atoms with E-state index in [2.05, 4.69) is 35.8 Å². The van der Waals surface area contributed by atoms with Crippen LogP contribution in [0.15, 0.2) is 78.9 Å². The topological polar surface area (TPSA) is 26.7 Å². The number of nitrogens with zero attached hydrogens (tertiary/aromatic N) is 2. The number of aliphatic hydroxyl groups excluding tert-OH is 1. The zero-order chi connectivity index (χ0) is 25.5. The molecule has 6 heteroatoms. The molecule has 36 heavy (non-hydrogen) atoms. The molecule has 3 aromatic carbocycles. The molecule has 0 radical (unpaired) electrons. The van der Waals surface area contributed by atoms with Crippen LogP contribution in [0.4, 0.5) is 8.78 Å². The Morgan fingerprint density at radius 2 is 1.36 bits per heavy atom. The van der Waals surface area contributed by atoms with Crippen molar-refractivity contribution in [2.45, 2.75) is 43.7 Å². The Labute approximate surface area is 218 Å². The lowest BCUT2D eigenvalue weighted by molar-refractivity contribution is 0.00721. The minimum Gasteiger partial charge on any atom is -0.391 e. The fourth-order valence-electron chi connectivity index (χ4n) is 5.16. The highest BCUT2D eigenvalue weighted by Crippen LogP contribution is 2.36. The van der Waals surface area contributed by atoms with E-state index in [1.54, 1.807) is 0 Å². The molecule has 4 rings (SSSR count). The first-order valence-corrected chi connectivity index (χ1v) is 13.8. The summed E-state index contributed by atoms with van der Waals surface area (Å²) < 4.78 is 27.0. The second-order valence-electron chi connectivity index (χ2n) is 9.85. The van der Waals surface area contributed by atoms with E-state index in [4.69, 9.17) is 0 Å². The maximum absolute atomic E-state index is 13.5. The summed E-state index contributed by atoms with van der Waals surface area (Å²) in [6.45, 7) is 8.02. The fourth-order valence-corrected chi connectivity index (χ4v) is 6.46. The summed E-state index contributed by atoms with van der Waals surface area (Å²) in [6.07, 6.45) is 0.289. The van der Waals surface area contributed by atoms with Crippen LogP contribution in [0.5, 0.6) is 0 Å².